The van der Waals surface area contributed by atoms with Gasteiger partial charge in [-0.1, -0.05) is 0 Å². The minimum absolute atomic E-state index is 0.211. The zero-order valence-corrected chi connectivity index (χ0v) is 10.6. The van der Waals surface area contributed by atoms with Gasteiger partial charge in [0.2, 0.25) is 0 Å². The fraction of sp³-hybridized carbons (Fsp3) is 1.00. The van der Waals surface area contributed by atoms with E-state index in [1.807, 2.05) is 0 Å². The highest BCUT2D eigenvalue weighted by Gasteiger charge is 2.44. The van der Waals surface area contributed by atoms with E-state index in [0.29, 0.717) is 12.8 Å². The first-order valence-electron chi connectivity index (χ1n) is 6.86. The molecule has 2 fully saturated rings. The third-order valence-corrected chi connectivity index (χ3v) is 4.56. The van der Waals surface area contributed by atoms with Crippen molar-refractivity contribution in [3.05, 3.63) is 0 Å². The second-order valence-electron chi connectivity index (χ2n) is 5.94. The number of nitrogens with one attached hydrogen (secondary N) is 1. The van der Waals surface area contributed by atoms with Crippen LogP contribution in [0.4, 0.5) is 13.2 Å². The Kier molecular flexibility index (Phi) is 4.22. The van der Waals surface area contributed by atoms with Crippen molar-refractivity contribution >= 4 is 0 Å². The molecule has 0 aromatic carbocycles. The molecule has 0 saturated heterocycles. The highest BCUT2D eigenvalue weighted by molar-refractivity contribution is 4.95. The van der Waals surface area contributed by atoms with Crippen LogP contribution in [0.25, 0.3) is 0 Å². The zero-order valence-electron chi connectivity index (χ0n) is 10.6. The van der Waals surface area contributed by atoms with Crippen molar-refractivity contribution in [1.82, 2.24) is 5.32 Å². The number of hydrogen-bond donors (Lipinski definition) is 2. The molecule has 0 heterocycles. The Morgan fingerprint density at radius 3 is 2.17 bits per heavy atom. The molecule has 0 aliphatic heterocycles. The highest BCUT2D eigenvalue weighted by Crippen LogP contribution is 2.48. The predicted octanol–water partition coefficient (Wildman–Crippen LogP) is 2.86. The molecule has 2 aliphatic carbocycles. The van der Waals surface area contributed by atoms with Gasteiger partial charge < -0.3 is 10.4 Å². The minimum atomic E-state index is -4.01. The van der Waals surface area contributed by atoms with Gasteiger partial charge >= 0.3 is 6.18 Å². The lowest BCUT2D eigenvalue weighted by atomic mass is 9.85. The smallest absolute Gasteiger partial charge is 0.391 e. The molecular formula is C13H22F3NO. The molecule has 2 saturated carbocycles. The van der Waals surface area contributed by atoms with Crippen molar-refractivity contribution in [2.24, 2.45) is 11.3 Å². The van der Waals surface area contributed by atoms with E-state index < -0.39 is 12.1 Å². The SMILES string of the molecule is OCCC1(CNC2CCC(C(F)(F)F)CC2)CC1. The monoisotopic (exact) mass is 265 g/mol. The predicted molar refractivity (Wildman–Crippen MR) is 63.2 cm³/mol. The highest BCUT2D eigenvalue weighted by atomic mass is 19.4. The molecule has 2 aliphatic rings. The Balaban J connectivity index is 1.68. The van der Waals surface area contributed by atoms with E-state index in [9.17, 15) is 13.2 Å². The first-order valence-corrected chi connectivity index (χ1v) is 6.86. The maximum Gasteiger partial charge on any atom is 0.391 e. The van der Waals surface area contributed by atoms with Crippen molar-refractivity contribution < 1.29 is 18.3 Å². The van der Waals surface area contributed by atoms with Gasteiger partial charge in [-0.15, -0.1) is 0 Å². The Labute approximate surface area is 106 Å². The summed E-state index contributed by atoms with van der Waals surface area (Å²) in [7, 11) is 0. The second-order valence-corrected chi connectivity index (χ2v) is 5.94. The van der Waals surface area contributed by atoms with Crippen LogP contribution in [0.3, 0.4) is 0 Å². The molecular weight excluding hydrogens is 243 g/mol. The second kappa shape index (κ2) is 5.37. The maximum absolute atomic E-state index is 12.5. The van der Waals surface area contributed by atoms with Crippen LogP contribution in [0.1, 0.15) is 44.9 Å². The third kappa shape index (κ3) is 3.60. The number of halogens is 3. The van der Waals surface area contributed by atoms with Gasteiger partial charge in [0.1, 0.15) is 0 Å². The van der Waals surface area contributed by atoms with Gasteiger partial charge in [0, 0.05) is 19.2 Å². The summed E-state index contributed by atoms with van der Waals surface area (Å²) >= 11 is 0. The molecule has 106 valence electrons. The lowest BCUT2D eigenvalue weighted by Gasteiger charge is -2.31. The average molecular weight is 265 g/mol. The summed E-state index contributed by atoms with van der Waals surface area (Å²) in [6.07, 6.45) is 0.843. The Hall–Kier alpha value is -0.290. The summed E-state index contributed by atoms with van der Waals surface area (Å²) in [4.78, 5) is 0. The number of hydrogen-bond acceptors (Lipinski definition) is 2. The van der Waals surface area contributed by atoms with Crippen LogP contribution in [0.2, 0.25) is 0 Å². The summed E-state index contributed by atoms with van der Waals surface area (Å²) in [5, 5.41) is 12.4. The Morgan fingerprint density at radius 2 is 1.72 bits per heavy atom. The fourth-order valence-corrected chi connectivity index (χ4v) is 2.91. The molecule has 0 atom stereocenters. The number of aliphatic hydroxyl groups is 1. The van der Waals surface area contributed by atoms with Crippen molar-refractivity contribution in [1.29, 1.82) is 0 Å². The lowest BCUT2D eigenvalue weighted by molar-refractivity contribution is -0.182. The van der Waals surface area contributed by atoms with Crippen molar-refractivity contribution in [3.8, 4) is 0 Å². The molecule has 0 bridgehead atoms. The van der Waals surface area contributed by atoms with E-state index in [1.54, 1.807) is 0 Å². The van der Waals surface area contributed by atoms with E-state index in [0.717, 1.165) is 25.8 Å². The van der Waals surface area contributed by atoms with Gasteiger partial charge in [-0.3, -0.25) is 0 Å². The molecule has 18 heavy (non-hydrogen) atoms. The molecule has 0 unspecified atom stereocenters. The molecule has 0 amide bonds. The number of aliphatic hydroxyl groups excluding tert-OH is 1. The van der Waals surface area contributed by atoms with E-state index >= 15 is 0 Å². The van der Waals surface area contributed by atoms with Crippen LogP contribution in [-0.4, -0.2) is 30.5 Å². The molecule has 5 heteroatoms. The first-order chi connectivity index (χ1) is 8.45. The molecule has 2 rings (SSSR count). The van der Waals surface area contributed by atoms with E-state index in [1.165, 1.54) is 0 Å². The average Bonchev–Trinajstić information content (AvgIpc) is 3.07. The van der Waals surface area contributed by atoms with Crippen LogP contribution in [0, 0.1) is 11.3 Å². The maximum atomic E-state index is 12.5. The van der Waals surface area contributed by atoms with E-state index in [-0.39, 0.29) is 30.9 Å². The van der Waals surface area contributed by atoms with Gasteiger partial charge in [-0.2, -0.15) is 13.2 Å². The van der Waals surface area contributed by atoms with Crippen LogP contribution < -0.4 is 5.32 Å². The molecule has 2 N–H and O–H groups in total. The first kappa shape index (κ1) is 14.1. The van der Waals surface area contributed by atoms with Crippen molar-refractivity contribution in [2.45, 2.75) is 57.2 Å². The topological polar surface area (TPSA) is 32.3 Å². The van der Waals surface area contributed by atoms with Gasteiger partial charge in [-0.25, -0.2) is 0 Å². The standard InChI is InChI=1S/C13H22F3NO/c14-13(15,16)10-1-3-11(4-2-10)17-9-12(5-6-12)7-8-18/h10-11,17-18H,1-9H2. The Bertz CT molecular complexity index is 268. The number of alkyl halides is 3. The zero-order chi connectivity index (χ0) is 13.2. The molecule has 0 radical (unpaired) electrons. The largest absolute Gasteiger partial charge is 0.396 e. The molecule has 0 spiro atoms. The summed E-state index contributed by atoms with van der Waals surface area (Å²) in [5.74, 6) is -1.09. The van der Waals surface area contributed by atoms with Crippen LogP contribution >= 0.6 is 0 Å². The van der Waals surface area contributed by atoms with Gasteiger partial charge in [-0.05, 0) is 50.4 Å². The van der Waals surface area contributed by atoms with Crippen molar-refractivity contribution in [2.75, 3.05) is 13.2 Å². The van der Waals surface area contributed by atoms with Crippen molar-refractivity contribution in [3.63, 3.8) is 0 Å². The van der Waals surface area contributed by atoms with Crippen LogP contribution in [-0.2, 0) is 0 Å². The number of rotatable bonds is 5. The summed E-state index contributed by atoms with van der Waals surface area (Å²) < 4.78 is 37.5. The molecule has 2 nitrogen and oxygen atoms in total. The lowest BCUT2D eigenvalue weighted by Crippen LogP contribution is -2.39. The van der Waals surface area contributed by atoms with Gasteiger partial charge in [0.25, 0.3) is 0 Å². The van der Waals surface area contributed by atoms with Crippen LogP contribution in [0.5, 0.6) is 0 Å². The summed E-state index contributed by atoms with van der Waals surface area (Å²) in [6.45, 7) is 1.07. The Morgan fingerprint density at radius 1 is 1.11 bits per heavy atom. The van der Waals surface area contributed by atoms with Crippen LogP contribution in [0.15, 0.2) is 0 Å². The minimum Gasteiger partial charge on any atom is -0.396 e. The van der Waals surface area contributed by atoms with E-state index in [4.69, 9.17) is 5.11 Å². The molecule has 0 aromatic heterocycles. The summed E-state index contributed by atoms with van der Waals surface area (Å²) in [5.41, 5.74) is 0.246. The fourth-order valence-electron chi connectivity index (χ4n) is 2.91. The normalized spacial score (nSPS) is 31.3. The van der Waals surface area contributed by atoms with Gasteiger partial charge in [0.05, 0.1) is 5.92 Å². The quantitative estimate of drug-likeness (QED) is 0.801. The summed E-state index contributed by atoms with van der Waals surface area (Å²) in [6, 6.07) is 0.236. The van der Waals surface area contributed by atoms with E-state index in [2.05, 4.69) is 5.32 Å². The van der Waals surface area contributed by atoms with Gasteiger partial charge in [0.15, 0.2) is 0 Å². The molecule has 0 aromatic rings. The third-order valence-electron chi connectivity index (χ3n) is 4.56.